The summed E-state index contributed by atoms with van der Waals surface area (Å²) in [4.78, 5) is 29.4. The van der Waals surface area contributed by atoms with E-state index in [-0.39, 0.29) is 11.8 Å². The number of amidine groups is 1. The summed E-state index contributed by atoms with van der Waals surface area (Å²) in [6, 6.07) is 3.45. The number of anilines is 1. The maximum atomic E-state index is 12.4. The summed E-state index contributed by atoms with van der Waals surface area (Å²) in [5.41, 5.74) is 6.55. The molecular formula is C17H20N6O3S. The first-order valence-electron chi connectivity index (χ1n) is 8.11. The van der Waals surface area contributed by atoms with Crippen molar-refractivity contribution >= 4 is 28.5 Å². The van der Waals surface area contributed by atoms with Crippen LogP contribution in [-0.2, 0) is 10.3 Å². The van der Waals surface area contributed by atoms with Crippen LogP contribution in [0.25, 0.3) is 0 Å². The second-order valence-corrected chi connectivity index (χ2v) is 7.00. The molecule has 1 amide bonds. The third kappa shape index (κ3) is 4.01. The molecule has 1 aliphatic heterocycles. The van der Waals surface area contributed by atoms with Crippen LogP contribution in [0.4, 0.5) is 5.69 Å². The highest BCUT2D eigenvalue weighted by Gasteiger charge is 2.40. The Labute approximate surface area is 160 Å². The normalized spacial score (nSPS) is 22.0. The van der Waals surface area contributed by atoms with Crippen LogP contribution in [0.15, 0.2) is 35.7 Å². The number of rotatable bonds is 5. The van der Waals surface area contributed by atoms with Gasteiger partial charge in [-0.1, -0.05) is 11.8 Å². The van der Waals surface area contributed by atoms with E-state index in [4.69, 9.17) is 15.2 Å². The zero-order valence-corrected chi connectivity index (χ0v) is 16.0. The van der Waals surface area contributed by atoms with Gasteiger partial charge in [0.1, 0.15) is 11.2 Å². The summed E-state index contributed by atoms with van der Waals surface area (Å²) in [7, 11) is 3.11. The van der Waals surface area contributed by atoms with Gasteiger partial charge in [0.25, 0.3) is 5.91 Å². The highest BCUT2D eigenvalue weighted by molar-refractivity contribution is 8.13. The Morgan fingerprint density at radius 2 is 2.15 bits per heavy atom. The van der Waals surface area contributed by atoms with E-state index in [0.29, 0.717) is 28.2 Å². The number of carbonyl (C=O) groups is 1. The van der Waals surface area contributed by atoms with E-state index in [9.17, 15) is 4.79 Å². The average Bonchev–Trinajstić information content (AvgIpc) is 2.68. The maximum Gasteiger partial charge on any atom is 0.275 e. The predicted molar refractivity (Wildman–Crippen MR) is 103 cm³/mol. The fourth-order valence-electron chi connectivity index (χ4n) is 2.70. The molecule has 0 bridgehead atoms. The molecule has 3 rings (SSSR count). The molecule has 3 heterocycles. The summed E-state index contributed by atoms with van der Waals surface area (Å²) >= 11 is 1.44. The van der Waals surface area contributed by atoms with Gasteiger partial charge in [0, 0.05) is 24.7 Å². The molecule has 0 fully saturated rings. The van der Waals surface area contributed by atoms with E-state index in [1.54, 1.807) is 25.4 Å². The lowest BCUT2D eigenvalue weighted by atomic mass is 9.91. The van der Waals surface area contributed by atoms with E-state index in [2.05, 4.69) is 25.3 Å². The first kappa shape index (κ1) is 19.1. The van der Waals surface area contributed by atoms with Crippen molar-refractivity contribution in [2.75, 3.05) is 25.3 Å². The van der Waals surface area contributed by atoms with Crippen LogP contribution in [0.5, 0.6) is 5.88 Å². The number of aliphatic imine (C=N–C) groups is 1. The molecule has 0 aromatic carbocycles. The van der Waals surface area contributed by atoms with Gasteiger partial charge in [-0.3, -0.25) is 9.78 Å². The largest absolute Gasteiger partial charge is 0.480 e. The second-order valence-electron chi connectivity index (χ2n) is 5.96. The van der Waals surface area contributed by atoms with Crippen LogP contribution >= 0.6 is 11.8 Å². The molecule has 2 aromatic rings. The van der Waals surface area contributed by atoms with E-state index in [1.807, 2.05) is 6.92 Å². The molecule has 0 radical (unpaired) electrons. The number of ether oxygens (including phenoxy) is 2. The number of thioether (sulfide) groups is 1. The van der Waals surface area contributed by atoms with E-state index >= 15 is 0 Å². The number of methoxy groups -OCH3 is 2. The van der Waals surface area contributed by atoms with E-state index in [0.717, 1.165) is 0 Å². The Bertz CT molecular complexity index is 860. The lowest BCUT2D eigenvalue weighted by Crippen LogP contribution is -2.43. The summed E-state index contributed by atoms with van der Waals surface area (Å²) < 4.78 is 10.5. The average molecular weight is 388 g/mol. The molecule has 1 aliphatic rings. The van der Waals surface area contributed by atoms with Crippen LogP contribution in [-0.4, -0.2) is 52.1 Å². The van der Waals surface area contributed by atoms with E-state index < -0.39 is 11.4 Å². The number of hydrogen-bond donors (Lipinski definition) is 2. The minimum atomic E-state index is -0.745. The van der Waals surface area contributed by atoms with Gasteiger partial charge in [0.15, 0.2) is 5.17 Å². The van der Waals surface area contributed by atoms with Crippen LogP contribution < -0.4 is 15.8 Å². The number of amides is 1. The van der Waals surface area contributed by atoms with Crippen molar-refractivity contribution in [3.8, 4) is 5.88 Å². The van der Waals surface area contributed by atoms with Gasteiger partial charge in [-0.15, -0.1) is 0 Å². The second kappa shape index (κ2) is 7.89. The molecule has 3 N–H and O–H groups in total. The minimum absolute atomic E-state index is 0.173. The van der Waals surface area contributed by atoms with Crippen molar-refractivity contribution in [3.05, 3.63) is 42.1 Å². The topological polar surface area (TPSA) is 125 Å². The van der Waals surface area contributed by atoms with Crippen molar-refractivity contribution in [3.63, 3.8) is 0 Å². The molecule has 0 saturated heterocycles. The number of hydrogen-bond acceptors (Lipinski definition) is 9. The molecule has 0 unspecified atom stereocenters. The summed E-state index contributed by atoms with van der Waals surface area (Å²) in [6.07, 6.45) is 4.15. The van der Waals surface area contributed by atoms with Crippen molar-refractivity contribution < 1.29 is 14.3 Å². The summed E-state index contributed by atoms with van der Waals surface area (Å²) in [5, 5.41) is 3.27. The van der Waals surface area contributed by atoms with Crippen molar-refractivity contribution in [1.29, 1.82) is 0 Å². The van der Waals surface area contributed by atoms with Crippen LogP contribution in [0.3, 0.4) is 0 Å². The van der Waals surface area contributed by atoms with Gasteiger partial charge in [-0.2, -0.15) is 0 Å². The molecule has 27 heavy (non-hydrogen) atoms. The third-order valence-electron chi connectivity index (χ3n) is 4.24. The van der Waals surface area contributed by atoms with Gasteiger partial charge in [0.05, 0.1) is 31.3 Å². The van der Waals surface area contributed by atoms with Crippen LogP contribution in [0.2, 0.25) is 0 Å². The first-order chi connectivity index (χ1) is 13.0. The molecule has 0 spiro atoms. The number of pyridine rings is 1. The van der Waals surface area contributed by atoms with Crippen LogP contribution in [0.1, 0.15) is 23.1 Å². The standard InChI is InChI=1S/C17H20N6O3S/c1-17(13(25-2)9-27-16(18)23-17)12-6-10(4-5-19-12)22-15(24)11-7-21-14(26-3)8-20-11/h4-8,13H,9H2,1-3H3,(H2,18,23)(H,19,22,24)/t13-,17-/m1/s1. The van der Waals surface area contributed by atoms with Gasteiger partial charge in [0.2, 0.25) is 5.88 Å². The molecule has 2 atom stereocenters. The highest BCUT2D eigenvalue weighted by atomic mass is 32.2. The van der Waals surface area contributed by atoms with Gasteiger partial charge in [-0.05, 0) is 19.1 Å². The number of carbonyl (C=O) groups excluding carboxylic acids is 1. The predicted octanol–water partition coefficient (Wildman–Crippen LogP) is 1.42. The molecule has 9 nitrogen and oxygen atoms in total. The van der Waals surface area contributed by atoms with Crippen molar-refractivity contribution in [1.82, 2.24) is 15.0 Å². The monoisotopic (exact) mass is 388 g/mol. The molecule has 0 saturated carbocycles. The molecule has 10 heteroatoms. The van der Waals surface area contributed by atoms with Crippen molar-refractivity contribution in [2.24, 2.45) is 10.7 Å². The fourth-order valence-corrected chi connectivity index (χ4v) is 3.73. The lowest BCUT2D eigenvalue weighted by molar-refractivity contribution is 0.0576. The van der Waals surface area contributed by atoms with Gasteiger partial charge < -0.3 is 20.5 Å². The summed E-state index contributed by atoms with van der Waals surface area (Å²) in [5.74, 6) is 0.613. The zero-order chi connectivity index (χ0) is 19.4. The highest BCUT2D eigenvalue weighted by Crippen LogP contribution is 2.36. The maximum absolute atomic E-state index is 12.4. The molecule has 0 aliphatic carbocycles. The fraction of sp³-hybridized carbons (Fsp3) is 0.353. The minimum Gasteiger partial charge on any atom is -0.480 e. The van der Waals surface area contributed by atoms with Gasteiger partial charge in [-0.25, -0.2) is 15.0 Å². The Morgan fingerprint density at radius 3 is 2.81 bits per heavy atom. The Balaban J connectivity index is 1.84. The van der Waals surface area contributed by atoms with Crippen LogP contribution in [0, 0.1) is 0 Å². The Hall–Kier alpha value is -2.72. The molecule has 2 aromatic heterocycles. The number of nitrogens with two attached hydrogens (primary N) is 1. The first-order valence-corrected chi connectivity index (χ1v) is 9.09. The number of nitrogens with zero attached hydrogens (tertiary/aromatic N) is 4. The summed E-state index contributed by atoms with van der Waals surface area (Å²) in [6.45, 7) is 1.91. The molecule has 142 valence electrons. The Kier molecular flexibility index (Phi) is 5.57. The number of aromatic nitrogens is 3. The van der Waals surface area contributed by atoms with Crippen molar-refractivity contribution in [2.45, 2.75) is 18.6 Å². The third-order valence-corrected chi connectivity index (χ3v) is 5.10. The lowest BCUT2D eigenvalue weighted by Gasteiger charge is -2.36. The Morgan fingerprint density at radius 1 is 1.33 bits per heavy atom. The SMILES string of the molecule is COc1cnc(C(=O)Nc2ccnc([C@@]3(C)N=C(N)SC[C@H]3OC)c2)cn1. The zero-order valence-electron chi connectivity index (χ0n) is 15.2. The molecular weight excluding hydrogens is 368 g/mol. The quantitative estimate of drug-likeness (QED) is 0.788. The smallest absolute Gasteiger partial charge is 0.275 e. The number of nitrogens with one attached hydrogen (secondary N) is 1. The van der Waals surface area contributed by atoms with Gasteiger partial charge >= 0.3 is 0 Å². The van der Waals surface area contributed by atoms with E-state index in [1.165, 1.54) is 31.3 Å².